The summed E-state index contributed by atoms with van der Waals surface area (Å²) in [6, 6.07) is 10.4. The predicted octanol–water partition coefficient (Wildman–Crippen LogP) is 2.76. The maximum atomic E-state index is 11.8. The van der Waals surface area contributed by atoms with Gasteiger partial charge < -0.3 is 20.3 Å². The Balaban J connectivity index is 1.96. The van der Waals surface area contributed by atoms with Crippen molar-refractivity contribution in [1.82, 2.24) is 0 Å². The van der Waals surface area contributed by atoms with E-state index in [1.807, 2.05) is 0 Å². The summed E-state index contributed by atoms with van der Waals surface area (Å²) < 4.78 is 5.26. The Kier molecular flexibility index (Phi) is 4.85. The molecule has 0 heterocycles. The van der Waals surface area contributed by atoms with E-state index in [1.54, 1.807) is 24.3 Å². The average Bonchev–Trinajstić information content (AvgIpc) is 2.46. The first-order chi connectivity index (χ1) is 10.5. The maximum absolute atomic E-state index is 11.8. The number of hydrogen-bond donors (Lipinski definition) is 3. The first-order valence-corrected chi connectivity index (χ1v) is 6.58. The SMILES string of the molecule is O=C(COc1ccccc1Cl)Nc1ccc(C(=O)O)c(O)c1. The minimum absolute atomic E-state index is 0.245. The standard InChI is InChI=1S/C15H12ClNO5/c16-11-3-1-2-4-13(11)22-8-14(19)17-9-5-6-10(15(20)21)12(18)7-9/h1-7,18H,8H2,(H,17,19)(H,20,21). The van der Waals surface area contributed by atoms with Gasteiger partial charge in [0.15, 0.2) is 6.61 Å². The lowest BCUT2D eigenvalue weighted by Gasteiger charge is -2.09. The smallest absolute Gasteiger partial charge is 0.339 e. The van der Waals surface area contributed by atoms with Gasteiger partial charge in [-0.25, -0.2) is 4.79 Å². The fourth-order valence-electron chi connectivity index (χ4n) is 1.69. The molecule has 0 spiro atoms. The molecule has 2 aromatic rings. The molecule has 0 aromatic heterocycles. The third kappa shape index (κ3) is 3.89. The largest absolute Gasteiger partial charge is 0.507 e. The number of aromatic hydroxyl groups is 1. The molecule has 7 heteroatoms. The molecule has 3 N–H and O–H groups in total. The highest BCUT2D eigenvalue weighted by atomic mass is 35.5. The van der Waals surface area contributed by atoms with Crippen molar-refractivity contribution in [2.45, 2.75) is 0 Å². The molecule has 0 aliphatic rings. The molecular weight excluding hydrogens is 310 g/mol. The van der Waals surface area contributed by atoms with Gasteiger partial charge in [0.25, 0.3) is 5.91 Å². The highest BCUT2D eigenvalue weighted by Crippen LogP contribution is 2.24. The summed E-state index contributed by atoms with van der Waals surface area (Å²) in [4.78, 5) is 22.5. The van der Waals surface area contributed by atoms with Crippen molar-refractivity contribution in [2.75, 3.05) is 11.9 Å². The zero-order valence-corrected chi connectivity index (χ0v) is 12.0. The number of phenols is 1. The number of amides is 1. The number of rotatable bonds is 5. The third-order valence-corrected chi connectivity index (χ3v) is 3.02. The van der Waals surface area contributed by atoms with Gasteiger partial charge in [0.2, 0.25) is 0 Å². The zero-order chi connectivity index (χ0) is 16.1. The van der Waals surface area contributed by atoms with Crippen LogP contribution in [0.1, 0.15) is 10.4 Å². The van der Waals surface area contributed by atoms with Crippen LogP contribution in [0.15, 0.2) is 42.5 Å². The topological polar surface area (TPSA) is 95.9 Å². The number of anilines is 1. The maximum Gasteiger partial charge on any atom is 0.339 e. The normalized spacial score (nSPS) is 10.0. The van der Waals surface area contributed by atoms with Gasteiger partial charge in [0, 0.05) is 11.8 Å². The summed E-state index contributed by atoms with van der Waals surface area (Å²) in [5.74, 6) is -1.78. The number of aromatic carboxylic acids is 1. The molecular formula is C15H12ClNO5. The van der Waals surface area contributed by atoms with Crippen molar-refractivity contribution in [3.05, 3.63) is 53.1 Å². The number of carbonyl (C=O) groups excluding carboxylic acids is 1. The second-order valence-electron chi connectivity index (χ2n) is 4.30. The van der Waals surface area contributed by atoms with Crippen LogP contribution in [0.2, 0.25) is 5.02 Å². The van der Waals surface area contributed by atoms with Crippen LogP contribution < -0.4 is 10.1 Å². The second-order valence-corrected chi connectivity index (χ2v) is 4.71. The molecule has 2 aromatic carbocycles. The van der Waals surface area contributed by atoms with E-state index in [-0.39, 0.29) is 17.9 Å². The molecule has 0 saturated heterocycles. The molecule has 0 aliphatic carbocycles. The predicted molar refractivity (Wildman–Crippen MR) is 80.6 cm³/mol. The van der Waals surface area contributed by atoms with Crippen molar-refractivity contribution >= 4 is 29.2 Å². The summed E-state index contributed by atoms with van der Waals surface area (Å²) in [5.41, 5.74) is 0.0144. The van der Waals surface area contributed by atoms with Gasteiger partial charge in [-0.05, 0) is 24.3 Å². The van der Waals surface area contributed by atoms with Crippen molar-refractivity contribution in [2.24, 2.45) is 0 Å². The minimum Gasteiger partial charge on any atom is -0.507 e. The Hall–Kier alpha value is -2.73. The van der Waals surface area contributed by atoms with Crippen molar-refractivity contribution in [1.29, 1.82) is 0 Å². The molecule has 22 heavy (non-hydrogen) atoms. The minimum atomic E-state index is -1.25. The van der Waals surface area contributed by atoms with E-state index in [2.05, 4.69) is 5.32 Å². The van der Waals surface area contributed by atoms with Crippen LogP contribution >= 0.6 is 11.6 Å². The fourth-order valence-corrected chi connectivity index (χ4v) is 1.88. The van der Waals surface area contributed by atoms with Crippen LogP contribution in [0.5, 0.6) is 11.5 Å². The molecule has 6 nitrogen and oxygen atoms in total. The van der Waals surface area contributed by atoms with E-state index in [9.17, 15) is 14.7 Å². The van der Waals surface area contributed by atoms with E-state index in [0.717, 1.165) is 6.07 Å². The number of carboxylic acid groups (broad SMARTS) is 1. The third-order valence-electron chi connectivity index (χ3n) is 2.71. The van der Waals surface area contributed by atoms with Gasteiger partial charge in [0.05, 0.1) is 5.02 Å². The summed E-state index contributed by atoms with van der Waals surface area (Å²) in [6.07, 6.45) is 0. The first-order valence-electron chi connectivity index (χ1n) is 6.21. The number of ether oxygens (including phenoxy) is 1. The summed E-state index contributed by atoms with van der Waals surface area (Å²) in [5, 5.41) is 21.2. The fraction of sp³-hybridized carbons (Fsp3) is 0.0667. The number of para-hydroxylation sites is 1. The van der Waals surface area contributed by atoms with Crippen LogP contribution in [0.4, 0.5) is 5.69 Å². The summed E-state index contributed by atoms with van der Waals surface area (Å²) in [6.45, 7) is -0.273. The lowest BCUT2D eigenvalue weighted by Crippen LogP contribution is -2.20. The number of benzene rings is 2. The molecule has 0 radical (unpaired) electrons. The van der Waals surface area contributed by atoms with Crippen LogP contribution in [0.3, 0.4) is 0 Å². The average molecular weight is 322 g/mol. The van der Waals surface area contributed by atoms with Crippen molar-refractivity contribution in [3.63, 3.8) is 0 Å². The van der Waals surface area contributed by atoms with Gasteiger partial charge in [-0.1, -0.05) is 23.7 Å². The Labute approximate surface area is 130 Å². The first kappa shape index (κ1) is 15.7. The highest BCUT2D eigenvalue weighted by Gasteiger charge is 2.11. The highest BCUT2D eigenvalue weighted by molar-refractivity contribution is 6.32. The van der Waals surface area contributed by atoms with E-state index in [0.29, 0.717) is 10.8 Å². The summed E-state index contributed by atoms with van der Waals surface area (Å²) in [7, 11) is 0. The Morgan fingerprint density at radius 3 is 2.55 bits per heavy atom. The van der Waals surface area contributed by atoms with Crippen LogP contribution in [0.25, 0.3) is 0 Å². The number of nitrogens with one attached hydrogen (secondary N) is 1. The summed E-state index contributed by atoms with van der Waals surface area (Å²) >= 11 is 5.89. The molecule has 0 aliphatic heterocycles. The molecule has 0 atom stereocenters. The van der Waals surface area contributed by atoms with Gasteiger partial charge >= 0.3 is 5.97 Å². The van der Waals surface area contributed by atoms with Crippen LogP contribution in [-0.2, 0) is 4.79 Å². The molecule has 1 amide bonds. The number of hydrogen-bond acceptors (Lipinski definition) is 4. The molecule has 0 bridgehead atoms. The molecule has 2 rings (SSSR count). The number of carbonyl (C=O) groups is 2. The Morgan fingerprint density at radius 1 is 1.18 bits per heavy atom. The van der Waals surface area contributed by atoms with Crippen molar-refractivity contribution in [3.8, 4) is 11.5 Å². The monoisotopic (exact) mass is 321 g/mol. The molecule has 0 saturated carbocycles. The lowest BCUT2D eigenvalue weighted by molar-refractivity contribution is -0.118. The van der Waals surface area contributed by atoms with E-state index in [4.69, 9.17) is 21.4 Å². The molecule has 0 fully saturated rings. The Bertz CT molecular complexity index is 717. The van der Waals surface area contributed by atoms with Gasteiger partial charge in [-0.15, -0.1) is 0 Å². The van der Waals surface area contributed by atoms with E-state index >= 15 is 0 Å². The Morgan fingerprint density at radius 2 is 1.91 bits per heavy atom. The molecule has 114 valence electrons. The van der Waals surface area contributed by atoms with Gasteiger partial charge in [-0.3, -0.25) is 4.79 Å². The lowest BCUT2D eigenvalue weighted by atomic mass is 10.2. The molecule has 0 unspecified atom stereocenters. The quantitative estimate of drug-likeness (QED) is 0.787. The van der Waals surface area contributed by atoms with E-state index < -0.39 is 17.6 Å². The van der Waals surface area contributed by atoms with Crippen LogP contribution in [0, 0.1) is 0 Å². The van der Waals surface area contributed by atoms with Crippen molar-refractivity contribution < 1.29 is 24.5 Å². The number of carboxylic acids is 1. The van der Waals surface area contributed by atoms with E-state index in [1.165, 1.54) is 12.1 Å². The second kappa shape index (κ2) is 6.82. The zero-order valence-electron chi connectivity index (χ0n) is 11.2. The number of halogens is 1. The van der Waals surface area contributed by atoms with Crippen LogP contribution in [-0.4, -0.2) is 28.7 Å². The van der Waals surface area contributed by atoms with Gasteiger partial charge in [-0.2, -0.15) is 0 Å². The van der Waals surface area contributed by atoms with Gasteiger partial charge in [0.1, 0.15) is 17.1 Å².